The number of alkyl halides is 1. The van der Waals surface area contributed by atoms with Gasteiger partial charge < -0.3 is 4.90 Å². The number of rotatable bonds is 1. The van der Waals surface area contributed by atoms with Gasteiger partial charge in [-0.25, -0.2) is 8.78 Å². The Hall–Kier alpha value is -0.970. The lowest BCUT2D eigenvalue weighted by molar-refractivity contribution is 0.0399. The minimum atomic E-state index is -0.943. The predicted octanol–water partition coefficient (Wildman–Crippen LogP) is 2.38. The van der Waals surface area contributed by atoms with Crippen molar-refractivity contribution < 1.29 is 13.6 Å². The van der Waals surface area contributed by atoms with Crippen molar-refractivity contribution in [1.29, 1.82) is 0 Å². The third-order valence-corrected chi connectivity index (χ3v) is 2.97. The monoisotopic (exact) mass is 275 g/mol. The molecule has 1 heterocycles. The highest BCUT2D eigenvalue weighted by Gasteiger charge is 2.31. The average molecular weight is 276 g/mol. The van der Waals surface area contributed by atoms with Crippen LogP contribution in [-0.2, 0) is 0 Å². The van der Waals surface area contributed by atoms with Crippen LogP contribution in [0.1, 0.15) is 10.4 Å². The van der Waals surface area contributed by atoms with Crippen LogP contribution in [0.4, 0.5) is 8.78 Å². The van der Waals surface area contributed by atoms with E-state index < -0.39 is 12.0 Å². The SMILES string of the molecule is O=C(c1cc(F)ccc1Br)N1CC(F)C1. The lowest BCUT2D eigenvalue weighted by atomic mass is 10.1. The molecule has 2 rings (SSSR count). The summed E-state index contributed by atoms with van der Waals surface area (Å²) in [4.78, 5) is 13.1. The van der Waals surface area contributed by atoms with Crippen LogP contribution < -0.4 is 0 Å². The number of carbonyl (C=O) groups excluding carboxylic acids is 1. The van der Waals surface area contributed by atoms with Gasteiger partial charge in [-0.15, -0.1) is 0 Å². The summed E-state index contributed by atoms with van der Waals surface area (Å²) in [5.74, 6) is -0.811. The Bertz CT molecular complexity index is 404. The van der Waals surface area contributed by atoms with Gasteiger partial charge in [0.25, 0.3) is 5.91 Å². The van der Waals surface area contributed by atoms with Gasteiger partial charge >= 0.3 is 0 Å². The summed E-state index contributed by atoms with van der Waals surface area (Å²) < 4.78 is 26.0. The molecule has 1 saturated heterocycles. The van der Waals surface area contributed by atoms with Gasteiger partial charge in [-0.3, -0.25) is 4.79 Å². The predicted molar refractivity (Wildman–Crippen MR) is 54.9 cm³/mol. The van der Waals surface area contributed by atoms with Crippen LogP contribution in [0.3, 0.4) is 0 Å². The average Bonchev–Trinajstić information content (AvgIpc) is 2.16. The minimum absolute atomic E-state index is 0.0990. The smallest absolute Gasteiger partial charge is 0.255 e. The van der Waals surface area contributed by atoms with E-state index in [-0.39, 0.29) is 24.6 Å². The van der Waals surface area contributed by atoms with Crippen LogP contribution in [0.25, 0.3) is 0 Å². The molecule has 0 bridgehead atoms. The van der Waals surface area contributed by atoms with Gasteiger partial charge in [0.05, 0.1) is 18.7 Å². The molecule has 2 nitrogen and oxygen atoms in total. The van der Waals surface area contributed by atoms with Gasteiger partial charge in [0.1, 0.15) is 12.0 Å². The fourth-order valence-electron chi connectivity index (χ4n) is 1.42. The van der Waals surface area contributed by atoms with Crippen LogP contribution in [0.2, 0.25) is 0 Å². The van der Waals surface area contributed by atoms with Crippen LogP contribution >= 0.6 is 15.9 Å². The van der Waals surface area contributed by atoms with Crippen molar-refractivity contribution in [3.05, 3.63) is 34.1 Å². The molecular weight excluding hydrogens is 268 g/mol. The van der Waals surface area contributed by atoms with Gasteiger partial charge in [0.15, 0.2) is 0 Å². The second-order valence-electron chi connectivity index (χ2n) is 3.43. The normalized spacial score (nSPS) is 16.3. The Kier molecular flexibility index (Phi) is 2.73. The Labute approximate surface area is 94.0 Å². The second kappa shape index (κ2) is 3.89. The lowest BCUT2D eigenvalue weighted by Crippen LogP contribution is -2.51. The zero-order chi connectivity index (χ0) is 11.0. The summed E-state index contributed by atoms with van der Waals surface area (Å²) >= 11 is 3.16. The van der Waals surface area contributed by atoms with E-state index in [2.05, 4.69) is 15.9 Å². The molecule has 0 atom stereocenters. The second-order valence-corrected chi connectivity index (χ2v) is 4.29. The molecular formula is C10H8BrF2NO. The quantitative estimate of drug-likeness (QED) is 0.771. The molecule has 0 aromatic heterocycles. The fraction of sp³-hybridized carbons (Fsp3) is 0.300. The van der Waals surface area contributed by atoms with E-state index >= 15 is 0 Å². The molecule has 1 aromatic rings. The fourth-order valence-corrected chi connectivity index (χ4v) is 1.84. The van der Waals surface area contributed by atoms with Crippen LogP contribution in [0, 0.1) is 5.82 Å². The molecule has 1 aromatic carbocycles. The van der Waals surface area contributed by atoms with Crippen molar-refractivity contribution in [3.63, 3.8) is 0 Å². The van der Waals surface area contributed by atoms with Gasteiger partial charge in [-0.05, 0) is 34.1 Å². The van der Waals surface area contributed by atoms with Crippen molar-refractivity contribution in [1.82, 2.24) is 4.90 Å². The summed E-state index contributed by atoms with van der Waals surface area (Å²) in [7, 11) is 0. The maximum Gasteiger partial charge on any atom is 0.255 e. The van der Waals surface area contributed by atoms with Crippen LogP contribution in [0.5, 0.6) is 0 Å². The standard InChI is InChI=1S/C10H8BrF2NO/c11-9-2-1-6(12)3-8(9)10(15)14-4-7(13)5-14/h1-3,7H,4-5H2. The maximum atomic E-state index is 12.9. The van der Waals surface area contributed by atoms with Gasteiger partial charge in [-0.1, -0.05) is 0 Å². The Morgan fingerprint density at radius 3 is 2.73 bits per heavy atom. The molecule has 0 saturated carbocycles. The number of hydrogen-bond donors (Lipinski definition) is 0. The molecule has 0 aliphatic carbocycles. The van der Waals surface area contributed by atoms with Crippen molar-refractivity contribution in [2.45, 2.75) is 6.17 Å². The number of benzene rings is 1. The maximum absolute atomic E-state index is 12.9. The molecule has 0 N–H and O–H groups in total. The largest absolute Gasteiger partial charge is 0.333 e. The van der Waals surface area contributed by atoms with Crippen LogP contribution in [0.15, 0.2) is 22.7 Å². The molecule has 1 aliphatic heterocycles. The topological polar surface area (TPSA) is 20.3 Å². The van der Waals surface area contributed by atoms with E-state index in [1.165, 1.54) is 17.0 Å². The number of halogens is 3. The number of nitrogens with zero attached hydrogens (tertiary/aromatic N) is 1. The van der Waals surface area contributed by atoms with Crippen LogP contribution in [-0.4, -0.2) is 30.1 Å². The Morgan fingerprint density at radius 2 is 2.13 bits per heavy atom. The van der Waals surface area contributed by atoms with E-state index in [0.29, 0.717) is 4.47 Å². The van der Waals surface area contributed by atoms with Gasteiger partial charge in [0.2, 0.25) is 0 Å². The lowest BCUT2D eigenvalue weighted by Gasteiger charge is -2.34. The number of hydrogen-bond acceptors (Lipinski definition) is 1. The van der Waals surface area contributed by atoms with Crippen molar-refractivity contribution in [2.75, 3.05) is 13.1 Å². The summed E-state index contributed by atoms with van der Waals surface area (Å²) in [5, 5.41) is 0. The van der Waals surface area contributed by atoms with Crippen molar-refractivity contribution in [3.8, 4) is 0 Å². The molecule has 80 valence electrons. The number of carbonyl (C=O) groups is 1. The van der Waals surface area contributed by atoms with Crippen molar-refractivity contribution in [2.24, 2.45) is 0 Å². The summed E-state index contributed by atoms with van der Waals surface area (Å²) in [6, 6.07) is 3.88. The third kappa shape index (κ3) is 2.02. The van der Waals surface area contributed by atoms with E-state index in [4.69, 9.17) is 0 Å². The molecule has 1 aliphatic rings. The number of likely N-dealkylation sites (tertiary alicyclic amines) is 1. The molecule has 5 heteroatoms. The molecule has 1 fully saturated rings. The van der Waals surface area contributed by atoms with Crippen molar-refractivity contribution >= 4 is 21.8 Å². The highest BCUT2D eigenvalue weighted by atomic mass is 79.9. The highest BCUT2D eigenvalue weighted by molar-refractivity contribution is 9.10. The molecule has 0 spiro atoms. The summed E-state index contributed by atoms with van der Waals surface area (Å²) in [6.45, 7) is 0.198. The zero-order valence-corrected chi connectivity index (χ0v) is 9.30. The summed E-state index contributed by atoms with van der Waals surface area (Å²) in [6.07, 6.45) is -0.943. The minimum Gasteiger partial charge on any atom is -0.333 e. The molecule has 1 amide bonds. The first-order chi connectivity index (χ1) is 7.08. The summed E-state index contributed by atoms with van der Waals surface area (Å²) in [5.41, 5.74) is 0.238. The molecule has 0 unspecified atom stereocenters. The zero-order valence-electron chi connectivity index (χ0n) is 7.71. The third-order valence-electron chi connectivity index (χ3n) is 2.28. The van der Waals surface area contributed by atoms with E-state index in [9.17, 15) is 13.6 Å². The first-order valence-electron chi connectivity index (χ1n) is 4.46. The Balaban J connectivity index is 2.22. The molecule has 15 heavy (non-hydrogen) atoms. The Morgan fingerprint density at radius 1 is 1.47 bits per heavy atom. The van der Waals surface area contributed by atoms with E-state index in [1.54, 1.807) is 0 Å². The van der Waals surface area contributed by atoms with E-state index in [1.807, 2.05) is 0 Å². The van der Waals surface area contributed by atoms with Gasteiger partial charge in [0, 0.05) is 4.47 Å². The first-order valence-corrected chi connectivity index (χ1v) is 5.25. The van der Waals surface area contributed by atoms with Gasteiger partial charge in [-0.2, -0.15) is 0 Å². The molecule has 0 radical (unpaired) electrons. The first kappa shape index (κ1) is 10.5. The van der Waals surface area contributed by atoms with E-state index in [0.717, 1.165) is 6.07 Å². The highest BCUT2D eigenvalue weighted by Crippen LogP contribution is 2.22. The number of amides is 1.